The maximum absolute atomic E-state index is 13.3. The van der Waals surface area contributed by atoms with E-state index in [1.807, 2.05) is 47.1 Å². The first kappa shape index (κ1) is 20.8. The van der Waals surface area contributed by atoms with Crippen LogP contribution in [0.4, 0.5) is 5.95 Å². The zero-order valence-electron chi connectivity index (χ0n) is 18.3. The number of hydrogen-bond donors (Lipinski definition) is 0. The molecule has 1 aliphatic carbocycles. The van der Waals surface area contributed by atoms with E-state index in [0.29, 0.717) is 13.0 Å². The highest BCUT2D eigenvalue weighted by Crippen LogP contribution is 2.44. The maximum atomic E-state index is 13.3. The first-order valence-electron chi connectivity index (χ1n) is 11.0. The van der Waals surface area contributed by atoms with Gasteiger partial charge in [0.2, 0.25) is 11.1 Å². The van der Waals surface area contributed by atoms with E-state index in [1.165, 1.54) is 5.56 Å². The highest BCUT2D eigenvalue weighted by atomic mass is 32.2. The number of allylic oxidation sites excluding steroid dienone is 2. The molecule has 3 aromatic rings. The molecule has 1 atom stereocenters. The second kappa shape index (κ2) is 8.82. The number of nitrogens with zero attached hydrogens (tertiary/aromatic N) is 4. The molecule has 2 aliphatic rings. The minimum atomic E-state index is -0.274. The van der Waals surface area contributed by atoms with Crippen LogP contribution in [0.2, 0.25) is 0 Å². The lowest BCUT2D eigenvalue weighted by Crippen LogP contribution is -2.38. The number of ketones is 1. The Morgan fingerprint density at radius 1 is 1.09 bits per heavy atom. The van der Waals surface area contributed by atoms with Crippen LogP contribution in [0.1, 0.15) is 43.4 Å². The number of aromatic nitrogens is 3. The van der Waals surface area contributed by atoms with Crippen molar-refractivity contribution in [3.05, 3.63) is 77.0 Å². The smallest absolute Gasteiger partial charge is 0.230 e. The molecule has 6 nitrogen and oxygen atoms in total. The lowest BCUT2D eigenvalue weighted by molar-refractivity contribution is -0.116. The van der Waals surface area contributed by atoms with E-state index in [1.54, 1.807) is 18.9 Å². The second-order valence-electron chi connectivity index (χ2n) is 7.96. The summed E-state index contributed by atoms with van der Waals surface area (Å²) >= 11 is 1.62. The number of rotatable bonds is 6. The molecule has 1 aliphatic heterocycles. The fourth-order valence-electron chi connectivity index (χ4n) is 4.55. The lowest BCUT2D eigenvalue weighted by Gasteiger charge is -2.39. The minimum absolute atomic E-state index is 0.205. The summed E-state index contributed by atoms with van der Waals surface area (Å²) in [5, 5.41) is 5.61. The third-order valence-electron chi connectivity index (χ3n) is 6.00. The van der Waals surface area contributed by atoms with E-state index >= 15 is 0 Å². The van der Waals surface area contributed by atoms with E-state index in [4.69, 9.17) is 14.8 Å². The Bertz CT molecular complexity index is 1150. The highest BCUT2D eigenvalue weighted by molar-refractivity contribution is 7.99. The molecule has 0 amide bonds. The molecular weight excluding hydrogens is 420 g/mol. The van der Waals surface area contributed by atoms with Crippen LogP contribution in [0.3, 0.4) is 0 Å². The van der Waals surface area contributed by atoms with Gasteiger partial charge in [-0.2, -0.15) is 4.98 Å². The van der Waals surface area contributed by atoms with Crippen molar-refractivity contribution >= 4 is 23.5 Å². The summed E-state index contributed by atoms with van der Waals surface area (Å²) in [7, 11) is 1.66. The Hall–Kier alpha value is -3.06. The topological polar surface area (TPSA) is 60.2 Å². The number of Topliss-reactive ketones (excluding diaryl/α,β-unsaturated/α-hetero) is 1. The number of benzene rings is 2. The molecule has 0 bridgehead atoms. The molecule has 0 saturated heterocycles. The molecule has 7 heteroatoms. The fourth-order valence-corrected chi connectivity index (χ4v) is 5.10. The summed E-state index contributed by atoms with van der Waals surface area (Å²) in [4.78, 5) is 20.4. The van der Waals surface area contributed by atoms with E-state index in [-0.39, 0.29) is 11.8 Å². The van der Waals surface area contributed by atoms with Crippen LogP contribution >= 0.6 is 11.8 Å². The van der Waals surface area contributed by atoms with Crippen molar-refractivity contribution in [1.82, 2.24) is 14.8 Å². The Morgan fingerprint density at radius 2 is 1.88 bits per heavy atom. The van der Waals surface area contributed by atoms with Crippen molar-refractivity contribution in [3.8, 4) is 5.75 Å². The van der Waals surface area contributed by atoms with Crippen molar-refractivity contribution in [2.24, 2.45) is 0 Å². The molecule has 0 spiro atoms. The Kier molecular flexibility index (Phi) is 5.74. The van der Waals surface area contributed by atoms with Crippen LogP contribution in [0.25, 0.3) is 0 Å². The van der Waals surface area contributed by atoms with Gasteiger partial charge in [-0.15, -0.1) is 5.10 Å². The Morgan fingerprint density at radius 3 is 2.59 bits per heavy atom. The van der Waals surface area contributed by atoms with Gasteiger partial charge in [-0.1, -0.05) is 61.2 Å². The molecule has 164 valence electrons. The van der Waals surface area contributed by atoms with Gasteiger partial charge in [0.25, 0.3) is 0 Å². The molecule has 0 N–H and O–H groups in total. The molecule has 5 rings (SSSR count). The summed E-state index contributed by atoms with van der Waals surface area (Å²) in [5.41, 5.74) is 4.13. The monoisotopic (exact) mass is 446 g/mol. The van der Waals surface area contributed by atoms with Crippen LogP contribution in [-0.2, 0) is 11.3 Å². The average Bonchev–Trinajstić information content (AvgIpc) is 3.24. The molecule has 2 heterocycles. The number of hydrogen-bond acceptors (Lipinski definition) is 6. The van der Waals surface area contributed by atoms with Crippen LogP contribution < -0.4 is 9.64 Å². The van der Waals surface area contributed by atoms with Gasteiger partial charge in [0.15, 0.2) is 5.78 Å². The lowest BCUT2D eigenvalue weighted by atomic mass is 9.85. The van der Waals surface area contributed by atoms with Crippen molar-refractivity contribution in [2.75, 3.05) is 17.8 Å². The van der Waals surface area contributed by atoms with Gasteiger partial charge in [0.1, 0.15) is 11.8 Å². The number of thioether (sulfide) groups is 1. The van der Waals surface area contributed by atoms with Gasteiger partial charge in [0.05, 0.1) is 13.7 Å². The molecule has 1 aromatic heterocycles. The van der Waals surface area contributed by atoms with Crippen LogP contribution in [0.5, 0.6) is 5.75 Å². The number of fused-ring (bicyclic) bond motifs is 1. The number of anilines is 1. The van der Waals surface area contributed by atoms with Crippen molar-refractivity contribution in [2.45, 2.75) is 43.9 Å². The summed E-state index contributed by atoms with van der Waals surface area (Å²) in [6.07, 6.45) is 2.30. The van der Waals surface area contributed by atoms with Gasteiger partial charge in [-0.25, -0.2) is 4.68 Å². The van der Waals surface area contributed by atoms with E-state index in [2.05, 4.69) is 24.0 Å². The summed E-state index contributed by atoms with van der Waals surface area (Å²) in [6.45, 7) is 2.76. The highest BCUT2D eigenvalue weighted by Gasteiger charge is 2.40. The van der Waals surface area contributed by atoms with E-state index < -0.39 is 0 Å². The van der Waals surface area contributed by atoms with Gasteiger partial charge < -0.3 is 9.64 Å². The van der Waals surface area contributed by atoms with Crippen LogP contribution in [0, 0.1) is 0 Å². The van der Waals surface area contributed by atoms with Crippen molar-refractivity contribution in [3.63, 3.8) is 0 Å². The van der Waals surface area contributed by atoms with Gasteiger partial charge in [-0.3, -0.25) is 4.79 Å². The largest absolute Gasteiger partial charge is 0.497 e. The van der Waals surface area contributed by atoms with Crippen LogP contribution in [-0.4, -0.2) is 33.4 Å². The quantitative estimate of drug-likeness (QED) is 0.496. The fraction of sp³-hybridized carbons (Fsp3) is 0.320. The van der Waals surface area contributed by atoms with Crippen molar-refractivity contribution in [1.29, 1.82) is 0 Å². The third-order valence-corrected chi connectivity index (χ3v) is 6.72. The first-order chi connectivity index (χ1) is 15.7. The number of carbonyl (C=O) groups is 1. The van der Waals surface area contributed by atoms with E-state index in [0.717, 1.165) is 52.3 Å². The van der Waals surface area contributed by atoms with Gasteiger partial charge >= 0.3 is 0 Å². The summed E-state index contributed by atoms with van der Waals surface area (Å²) in [6, 6.07) is 18.0. The number of methoxy groups -OCH3 is 1. The third kappa shape index (κ3) is 3.71. The molecule has 0 fully saturated rings. The average molecular weight is 447 g/mol. The number of ether oxygens (including phenoxy) is 1. The summed E-state index contributed by atoms with van der Waals surface area (Å²) < 4.78 is 7.30. The molecule has 0 unspecified atom stereocenters. The predicted molar refractivity (Wildman–Crippen MR) is 126 cm³/mol. The summed E-state index contributed by atoms with van der Waals surface area (Å²) in [5.74, 6) is 2.69. The molecule has 2 aromatic carbocycles. The van der Waals surface area contributed by atoms with Gasteiger partial charge in [-0.05, 0) is 41.9 Å². The van der Waals surface area contributed by atoms with Gasteiger partial charge in [0, 0.05) is 17.7 Å². The van der Waals surface area contributed by atoms with Crippen LogP contribution in [0.15, 0.2) is 71.0 Å². The van der Waals surface area contributed by atoms with Crippen molar-refractivity contribution < 1.29 is 9.53 Å². The zero-order chi connectivity index (χ0) is 22.1. The Labute approximate surface area is 192 Å². The second-order valence-corrected chi connectivity index (χ2v) is 9.19. The molecule has 0 saturated carbocycles. The first-order valence-corrected chi connectivity index (χ1v) is 12.0. The maximum Gasteiger partial charge on any atom is 0.230 e. The zero-order valence-corrected chi connectivity index (χ0v) is 19.1. The number of carbonyl (C=O) groups excluding carboxylic acids is 1. The molecular formula is C25H26N4O2S. The Balaban J connectivity index is 1.68. The molecule has 0 radical (unpaired) electrons. The SMILES string of the molecule is CCSc1nc2n(n1)[C@H](c1ccc(OC)cc1)C1=C(CCCC1=O)N2Cc1ccccc1. The minimum Gasteiger partial charge on any atom is -0.497 e. The normalized spacial score (nSPS) is 17.9. The van der Waals surface area contributed by atoms with E-state index in [9.17, 15) is 4.79 Å². The predicted octanol–water partition coefficient (Wildman–Crippen LogP) is 5.02. The standard InChI is InChI=1S/C25H26N4O2S/c1-3-32-24-26-25-28(16-17-8-5-4-6-9-17)20-10-7-11-21(30)22(20)23(29(25)27-24)18-12-14-19(31-2)15-13-18/h4-6,8-9,12-15,23H,3,7,10-11,16H2,1-2H3/t23-/m1/s1. The molecule has 32 heavy (non-hydrogen) atoms.